The molecule has 0 radical (unpaired) electrons. The van der Waals surface area contributed by atoms with E-state index in [1.807, 2.05) is 11.8 Å². The first-order valence-corrected chi connectivity index (χ1v) is 7.77. The fraction of sp³-hybridized carbons (Fsp3) is 0.571. The summed E-state index contributed by atoms with van der Waals surface area (Å²) in [6, 6.07) is 5.42. The number of hydrogen-bond donors (Lipinski definition) is 1. The van der Waals surface area contributed by atoms with Gasteiger partial charge in [0.1, 0.15) is 5.82 Å². The van der Waals surface area contributed by atoms with Crippen LogP contribution in [0.25, 0.3) is 0 Å². The highest BCUT2D eigenvalue weighted by atomic mass is 35.5. The maximum Gasteiger partial charge on any atom is 0.141 e. The predicted octanol–water partition coefficient (Wildman–Crippen LogP) is 4.10. The number of rotatable bonds is 3. The van der Waals surface area contributed by atoms with E-state index in [2.05, 4.69) is 19.2 Å². The first kappa shape index (κ1) is 14.2. The normalized spacial score (nSPS) is 23.0. The molecule has 1 saturated heterocycles. The van der Waals surface area contributed by atoms with E-state index in [0.717, 1.165) is 17.9 Å². The average Bonchev–Trinajstić information content (AvgIpc) is 2.31. The topological polar surface area (TPSA) is 12.0 Å². The SMILES string of the molecule is CC1(C)CCSCC1NCc1ccc(F)c(Cl)c1. The zero-order valence-electron chi connectivity index (χ0n) is 10.8. The van der Waals surface area contributed by atoms with Crippen LogP contribution >= 0.6 is 23.4 Å². The standard InChI is InChI=1S/C14H19ClFNS/c1-14(2)5-6-18-9-13(14)17-8-10-3-4-12(16)11(15)7-10/h3-4,7,13,17H,5-6,8-9H2,1-2H3. The van der Waals surface area contributed by atoms with Gasteiger partial charge in [-0.3, -0.25) is 0 Å². The second kappa shape index (κ2) is 5.81. The third-order valence-corrected chi connectivity index (χ3v) is 5.01. The van der Waals surface area contributed by atoms with E-state index >= 15 is 0 Å². The van der Waals surface area contributed by atoms with Crippen LogP contribution < -0.4 is 5.32 Å². The molecule has 1 aliphatic rings. The van der Waals surface area contributed by atoms with E-state index in [-0.39, 0.29) is 10.8 Å². The molecule has 0 amide bonds. The quantitative estimate of drug-likeness (QED) is 0.898. The van der Waals surface area contributed by atoms with Crippen molar-refractivity contribution in [2.24, 2.45) is 5.41 Å². The third-order valence-electron chi connectivity index (χ3n) is 3.66. The van der Waals surface area contributed by atoms with Crippen molar-refractivity contribution in [1.82, 2.24) is 5.32 Å². The molecule has 0 saturated carbocycles. The lowest BCUT2D eigenvalue weighted by atomic mass is 9.82. The molecular weight excluding hydrogens is 269 g/mol. The molecule has 1 heterocycles. The molecule has 1 atom stereocenters. The Morgan fingerprint density at radius 2 is 2.28 bits per heavy atom. The van der Waals surface area contributed by atoms with Gasteiger partial charge in [0.2, 0.25) is 0 Å². The summed E-state index contributed by atoms with van der Waals surface area (Å²) in [4.78, 5) is 0. The second-order valence-electron chi connectivity index (χ2n) is 5.50. The van der Waals surface area contributed by atoms with Crippen molar-refractivity contribution in [3.05, 3.63) is 34.6 Å². The summed E-state index contributed by atoms with van der Waals surface area (Å²) in [5.41, 5.74) is 1.36. The molecule has 4 heteroatoms. The summed E-state index contributed by atoms with van der Waals surface area (Å²) in [6.45, 7) is 5.36. The van der Waals surface area contributed by atoms with Crippen LogP contribution in [0.1, 0.15) is 25.8 Å². The molecule has 100 valence electrons. The lowest BCUT2D eigenvalue weighted by Gasteiger charge is -2.39. The van der Waals surface area contributed by atoms with E-state index in [1.165, 1.54) is 18.2 Å². The highest BCUT2D eigenvalue weighted by Gasteiger charge is 2.31. The van der Waals surface area contributed by atoms with Gasteiger partial charge in [0.15, 0.2) is 0 Å². The molecule has 1 nitrogen and oxygen atoms in total. The highest BCUT2D eigenvalue weighted by molar-refractivity contribution is 7.99. The lowest BCUT2D eigenvalue weighted by Crippen LogP contribution is -2.46. The van der Waals surface area contributed by atoms with Crippen LogP contribution in [-0.2, 0) is 6.54 Å². The summed E-state index contributed by atoms with van der Waals surface area (Å²) in [7, 11) is 0. The van der Waals surface area contributed by atoms with Crippen molar-refractivity contribution in [2.75, 3.05) is 11.5 Å². The summed E-state index contributed by atoms with van der Waals surface area (Å²) >= 11 is 7.78. The highest BCUT2D eigenvalue weighted by Crippen LogP contribution is 2.34. The summed E-state index contributed by atoms with van der Waals surface area (Å²) < 4.78 is 13.1. The van der Waals surface area contributed by atoms with Gasteiger partial charge in [-0.1, -0.05) is 31.5 Å². The minimum absolute atomic E-state index is 0.201. The van der Waals surface area contributed by atoms with Crippen molar-refractivity contribution in [3.8, 4) is 0 Å². The van der Waals surface area contributed by atoms with E-state index < -0.39 is 0 Å². The van der Waals surface area contributed by atoms with Crippen LogP contribution in [0, 0.1) is 11.2 Å². The number of thioether (sulfide) groups is 1. The van der Waals surface area contributed by atoms with E-state index in [9.17, 15) is 4.39 Å². The Morgan fingerprint density at radius 3 is 2.94 bits per heavy atom. The van der Waals surface area contributed by atoms with E-state index in [0.29, 0.717) is 11.5 Å². The van der Waals surface area contributed by atoms with E-state index in [1.54, 1.807) is 12.1 Å². The molecule has 0 spiro atoms. The van der Waals surface area contributed by atoms with E-state index in [4.69, 9.17) is 11.6 Å². The predicted molar refractivity (Wildman–Crippen MR) is 77.8 cm³/mol. The Hall–Kier alpha value is -0.250. The van der Waals surface area contributed by atoms with Gasteiger partial charge in [0.05, 0.1) is 5.02 Å². The molecule has 0 bridgehead atoms. The fourth-order valence-corrected chi connectivity index (χ4v) is 4.01. The van der Waals surface area contributed by atoms with Crippen LogP contribution in [0.4, 0.5) is 4.39 Å². The maximum absolute atomic E-state index is 13.1. The van der Waals surface area contributed by atoms with Gasteiger partial charge < -0.3 is 5.32 Å². The summed E-state index contributed by atoms with van der Waals surface area (Å²) in [6.07, 6.45) is 1.24. The number of hydrogen-bond acceptors (Lipinski definition) is 2. The Labute approximate surface area is 117 Å². The second-order valence-corrected chi connectivity index (χ2v) is 7.05. The van der Waals surface area contributed by atoms with Gasteiger partial charge in [-0.25, -0.2) is 4.39 Å². The van der Waals surface area contributed by atoms with Crippen LogP contribution in [0.15, 0.2) is 18.2 Å². The molecule has 2 rings (SSSR count). The van der Waals surface area contributed by atoms with Gasteiger partial charge in [-0.2, -0.15) is 11.8 Å². The van der Waals surface area contributed by atoms with Gasteiger partial charge >= 0.3 is 0 Å². The van der Waals surface area contributed by atoms with Crippen LogP contribution in [0.5, 0.6) is 0 Å². The molecule has 1 aromatic carbocycles. The Bertz CT molecular complexity index is 422. The Morgan fingerprint density at radius 1 is 1.50 bits per heavy atom. The summed E-state index contributed by atoms with van der Waals surface area (Å²) in [5.74, 6) is 2.03. The van der Waals surface area contributed by atoms with Crippen molar-refractivity contribution < 1.29 is 4.39 Å². The van der Waals surface area contributed by atoms with Gasteiger partial charge in [0, 0.05) is 18.3 Å². The minimum Gasteiger partial charge on any atom is -0.309 e. The molecule has 1 fully saturated rings. The first-order valence-electron chi connectivity index (χ1n) is 6.24. The molecule has 0 aromatic heterocycles. The van der Waals surface area contributed by atoms with Crippen molar-refractivity contribution in [2.45, 2.75) is 32.9 Å². The first-order chi connectivity index (χ1) is 8.49. The van der Waals surface area contributed by atoms with Crippen LogP contribution in [0.2, 0.25) is 5.02 Å². The van der Waals surface area contributed by atoms with Crippen LogP contribution in [-0.4, -0.2) is 17.5 Å². The number of benzene rings is 1. The van der Waals surface area contributed by atoms with Gasteiger partial charge in [-0.15, -0.1) is 0 Å². The Balaban J connectivity index is 1.96. The fourth-order valence-electron chi connectivity index (χ4n) is 2.16. The monoisotopic (exact) mass is 287 g/mol. The van der Waals surface area contributed by atoms with Crippen molar-refractivity contribution in [1.29, 1.82) is 0 Å². The third kappa shape index (κ3) is 3.40. The molecule has 1 unspecified atom stereocenters. The number of halogens is 2. The zero-order chi connectivity index (χ0) is 13.2. The molecule has 1 aromatic rings. The maximum atomic E-state index is 13.1. The van der Waals surface area contributed by atoms with Gasteiger partial charge in [0.25, 0.3) is 0 Å². The van der Waals surface area contributed by atoms with Gasteiger partial charge in [-0.05, 0) is 35.3 Å². The van der Waals surface area contributed by atoms with Crippen molar-refractivity contribution in [3.63, 3.8) is 0 Å². The minimum atomic E-state index is -0.353. The number of nitrogens with one attached hydrogen (secondary N) is 1. The molecule has 18 heavy (non-hydrogen) atoms. The molecule has 0 aliphatic carbocycles. The molecule has 1 N–H and O–H groups in total. The molecular formula is C14H19ClFNS. The summed E-state index contributed by atoms with van der Waals surface area (Å²) in [5, 5.41) is 3.77. The largest absolute Gasteiger partial charge is 0.309 e. The molecule has 1 aliphatic heterocycles. The van der Waals surface area contributed by atoms with Crippen LogP contribution in [0.3, 0.4) is 0 Å². The lowest BCUT2D eigenvalue weighted by molar-refractivity contribution is 0.245. The zero-order valence-corrected chi connectivity index (χ0v) is 12.4. The average molecular weight is 288 g/mol. The van der Waals surface area contributed by atoms with Crippen molar-refractivity contribution >= 4 is 23.4 Å². The smallest absolute Gasteiger partial charge is 0.141 e. The Kier molecular flexibility index (Phi) is 4.57.